The molecule has 0 saturated heterocycles. The fraction of sp³-hybridized carbons (Fsp3) is 0.365. The molecule has 6 atom stereocenters. The number of benzene rings is 4. The molecule has 14 nitrogen and oxygen atoms in total. The molecule has 4 aromatic carbocycles. The monoisotopic (exact) mass is 917 g/mol. The summed E-state index contributed by atoms with van der Waals surface area (Å²) in [5, 5.41) is 35.9. The highest BCUT2D eigenvalue weighted by molar-refractivity contribution is 6.03. The van der Waals surface area contributed by atoms with Gasteiger partial charge < -0.3 is 38.9 Å². The van der Waals surface area contributed by atoms with E-state index in [1.54, 1.807) is 65.6 Å². The smallest absolute Gasteiger partial charge is 0.269 e. The third kappa shape index (κ3) is 10.6. The van der Waals surface area contributed by atoms with Gasteiger partial charge in [-0.25, -0.2) is 4.39 Å². The molecule has 1 fully saturated rings. The maximum absolute atomic E-state index is 15.0. The van der Waals surface area contributed by atoms with Gasteiger partial charge in [-0.3, -0.25) is 19.7 Å². The molecule has 6 unspecified atom stereocenters. The molecule has 1 saturated carbocycles. The van der Waals surface area contributed by atoms with Gasteiger partial charge in [-0.2, -0.15) is 0 Å². The normalized spacial score (nSPS) is 22.2. The van der Waals surface area contributed by atoms with Crippen molar-refractivity contribution in [3.05, 3.63) is 153 Å². The fourth-order valence-electron chi connectivity index (χ4n) is 9.92. The summed E-state index contributed by atoms with van der Waals surface area (Å²) in [4.78, 5) is 45.1. The van der Waals surface area contributed by atoms with Crippen molar-refractivity contribution in [3.8, 4) is 23.0 Å². The first-order valence-corrected chi connectivity index (χ1v) is 22.5. The van der Waals surface area contributed by atoms with Crippen molar-refractivity contribution < 1.29 is 52.9 Å². The van der Waals surface area contributed by atoms with Gasteiger partial charge >= 0.3 is 0 Å². The minimum absolute atomic E-state index is 0.00161. The van der Waals surface area contributed by atoms with Gasteiger partial charge in [0.25, 0.3) is 5.69 Å². The Morgan fingerprint density at radius 2 is 1.70 bits per heavy atom. The highest BCUT2D eigenvalue weighted by Gasteiger charge is 2.65. The van der Waals surface area contributed by atoms with Gasteiger partial charge in [-0.05, 0) is 121 Å². The molecule has 7 rings (SSSR count). The number of halogens is 1. The van der Waals surface area contributed by atoms with Crippen LogP contribution in [0.3, 0.4) is 0 Å². The van der Waals surface area contributed by atoms with Gasteiger partial charge in [0.1, 0.15) is 42.0 Å². The van der Waals surface area contributed by atoms with Crippen LogP contribution in [0.1, 0.15) is 77.9 Å². The minimum Gasteiger partial charge on any atom is -0.496 e. The number of ether oxygens (including phenoxy) is 4. The van der Waals surface area contributed by atoms with Gasteiger partial charge in [0.05, 0.1) is 35.8 Å². The number of methoxy groups -OCH3 is 1. The molecule has 3 aliphatic rings. The zero-order valence-corrected chi connectivity index (χ0v) is 37.6. The number of nitro benzene ring substituents is 1. The van der Waals surface area contributed by atoms with Crippen molar-refractivity contribution in [3.63, 3.8) is 0 Å². The SMILES string of the molecule is C=CCOC12Oc3ccc(Oc4ccc(OC)c(C=O)c4)cc3C3C(CCCCO)C(CCCCO)C=C(C(=NOC)CC1N(Cc1ccc(F)cc1)C(=O)C=Cc1ccc([N+](=O)[O-])cc1)C32. The van der Waals surface area contributed by atoms with Crippen molar-refractivity contribution in [1.29, 1.82) is 0 Å². The molecule has 2 N–H and O–H groups in total. The molecule has 0 radical (unpaired) electrons. The molecular weight excluding hydrogens is 862 g/mol. The van der Waals surface area contributed by atoms with Crippen molar-refractivity contribution in [2.75, 3.05) is 34.0 Å². The summed E-state index contributed by atoms with van der Waals surface area (Å²) in [6.45, 7) is 4.10. The molecule has 2 aliphatic carbocycles. The van der Waals surface area contributed by atoms with Gasteiger partial charge in [-0.15, -0.1) is 6.58 Å². The molecule has 67 heavy (non-hydrogen) atoms. The molecule has 4 aromatic rings. The van der Waals surface area contributed by atoms with Crippen LogP contribution >= 0.6 is 0 Å². The fourth-order valence-corrected chi connectivity index (χ4v) is 9.92. The van der Waals surface area contributed by atoms with E-state index in [2.05, 4.69) is 17.8 Å². The number of amides is 1. The van der Waals surface area contributed by atoms with Crippen LogP contribution in [-0.2, 0) is 20.9 Å². The number of hydrogen-bond acceptors (Lipinski definition) is 12. The summed E-state index contributed by atoms with van der Waals surface area (Å²) in [5.41, 5.74) is 3.65. The van der Waals surface area contributed by atoms with E-state index in [4.69, 9.17) is 23.8 Å². The van der Waals surface area contributed by atoms with E-state index >= 15 is 4.79 Å². The van der Waals surface area contributed by atoms with Crippen LogP contribution in [0.25, 0.3) is 6.08 Å². The Kier molecular flexibility index (Phi) is 16.0. The molecule has 352 valence electrons. The van der Waals surface area contributed by atoms with E-state index in [0.717, 1.165) is 24.0 Å². The van der Waals surface area contributed by atoms with E-state index in [9.17, 15) is 29.5 Å². The zero-order chi connectivity index (χ0) is 47.5. The first-order valence-electron chi connectivity index (χ1n) is 22.5. The summed E-state index contributed by atoms with van der Waals surface area (Å²) in [7, 11) is 2.95. The lowest BCUT2D eigenvalue weighted by atomic mass is 9.55. The van der Waals surface area contributed by atoms with E-state index in [-0.39, 0.29) is 56.2 Å². The standard InChI is InChI=1S/C52H56FN3O11/c1-4-27-65-52-48(55(32-35-11-16-38(53)17-12-35)49(60)24-15-34-13-18-39(19-14-34)56(61)62)31-45(54-64-3)43-29-36(9-5-7-25-57)42(10-6-8-26-58)50(51(43)52)44-30-41(21-23-47(44)67-52)66-40-20-22-46(63-2)37(28-40)33-59/h4,11-24,28-30,33,36,42,48,50-51,57-58H,1,5-10,25-27,31-32H2,2-3H3. The van der Waals surface area contributed by atoms with Crippen molar-refractivity contribution >= 4 is 29.7 Å². The lowest BCUT2D eigenvalue weighted by Crippen LogP contribution is -2.70. The summed E-state index contributed by atoms with van der Waals surface area (Å²) in [6.07, 6.45) is 11.8. The number of nitrogens with zero attached hydrogens (tertiary/aromatic N) is 3. The molecule has 1 heterocycles. The molecular formula is C52H56FN3O11. The Labute approximate surface area is 389 Å². The first kappa shape index (κ1) is 48.3. The third-order valence-corrected chi connectivity index (χ3v) is 12.9. The summed E-state index contributed by atoms with van der Waals surface area (Å²) in [5.74, 6) is -1.76. The number of nitro groups is 1. The maximum Gasteiger partial charge on any atom is 0.269 e. The predicted molar refractivity (Wildman–Crippen MR) is 250 cm³/mol. The van der Waals surface area contributed by atoms with Crippen LogP contribution in [0.5, 0.6) is 23.0 Å². The Balaban J connectivity index is 1.43. The van der Waals surface area contributed by atoms with E-state index in [0.29, 0.717) is 77.4 Å². The second-order valence-corrected chi connectivity index (χ2v) is 16.9. The highest BCUT2D eigenvalue weighted by Crippen LogP contribution is 2.62. The lowest BCUT2D eigenvalue weighted by Gasteiger charge is -2.60. The van der Waals surface area contributed by atoms with E-state index < -0.39 is 34.4 Å². The van der Waals surface area contributed by atoms with Crippen LogP contribution in [-0.4, -0.2) is 83.8 Å². The Morgan fingerprint density at radius 1 is 0.985 bits per heavy atom. The number of hydrogen-bond donors (Lipinski definition) is 2. The van der Waals surface area contributed by atoms with E-state index in [1.807, 2.05) is 12.1 Å². The maximum atomic E-state index is 15.0. The Hall–Kier alpha value is -6.68. The predicted octanol–water partition coefficient (Wildman–Crippen LogP) is 9.35. The van der Waals surface area contributed by atoms with Gasteiger partial charge in [-0.1, -0.05) is 42.3 Å². The molecule has 1 aliphatic heterocycles. The number of aliphatic hydroxyl groups excluding tert-OH is 2. The number of aliphatic hydroxyl groups is 2. The zero-order valence-electron chi connectivity index (χ0n) is 37.6. The van der Waals surface area contributed by atoms with Crippen LogP contribution in [0.15, 0.2) is 120 Å². The average molecular weight is 918 g/mol. The molecule has 0 spiro atoms. The minimum atomic E-state index is -1.59. The van der Waals surface area contributed by atoms with Gasteiger partial charge in [0, 0.05) is 55.9 Å². The van der Waals surface area contributed by atoms with Crippen molar-refractivity contribution in [2.45, 2.75) is 69.2 Å². The average Bonchev–Trinajstić information content (AvgIpc) is 3.34. The number of carbonyl (C=O) groups excluding carboxylic acids is 2. The molecule has 1 amide bonds. The number of rotatable bonds is 22. The Bertz CT molecular complexity index is 2490. The van der Waals surface area contributed by atoms with Gasteiger partial charge in [0.2, 0.25) is 11.7 Å². The summed E-state index contributed by atoms with van der Waals surface area (Å²) in [6, 6.07) is 21.3. The molecule has 0 aromatic heterocycles. The summed E-state index contributed by atoms with van der Waals surface area (Å²) >= 11 is 0. The second-order valence-electron chi connectivity index (χ2n) is 16.9. The molecule has 0 bridgehead atoms. The first-order chi connectivity index (χ1) is 32.6. The number of non-ortho nitro benzene ring substituents is 1. The Morgan fingerprint density at radius 3 is 2.37 bits per heavy atom. The number of fused-ring (bicyclic) bond motifs is 2. The largest absolute Gasteiger partial charge is 0.496 e. The highest BCUT2D eigenvalue weighted by atomic mass is 19.1. The van der Waals surface area contributed by atoms with Crippen molar-refractivity contribution in [2.24, 2.45) is 22.9 Å². The van der Waals surface area contributed by atoms with Gasteiger partial charge in [0.15, 0.2) is 6.29 Å². The lowest BCUT2D eigenvalue weighted by molar-refractivity contribution is -0.384. The van der Waals surface area contributed by atoms with E-state index in [1.165, 1.54) is 44.6 Å². The van der Waals surface area contributed by atoms with Crippen LogP contribution in [0, 0.1) is 33.7 Å². The summed E-state index contributed by atoms with van der Waals surface area (Å²) < 4.78 is 40.6. The quantitative estimate of drug-likeness (QED) is 0.0192. The van der Waals surface area contributed by atoms with Crippen molar-refractivity contribution in [1.82, 2.24) is 4.90 Å². The number of oxime groups is 1. The van der Waals surface area contributed by atoms with Crippen LogP contribution < -0.4 is 14.2 Å². The number of unbranched alkanes of at least 4 members (excludes halogenated alkanes) is 2. The van der Waals surface area contributed by atoms with Crippen LogP contribution in [0.4, 0.5) is 10.1 Å². The molecule has 15 heteroatoms. The third-order valence-electron chi connectivity index (χ3n) is 12.9. The number of aldehydes is 1. The number of carbonyl (C=O) groups is 2. The second kappa shape index (κ2) is 22.2. The number of allylic oxidation sites excluding steroid dienone is 1. The topological polar surface area (TPSA) is 179 Å². The van der Waals surface area contributed by atoms with Crippen LogP contribution in [0.2, 0.25) is 0 Å².